The van der Waals surface area contributed by atoms with Crippen molar-refractivity contribution in [2.45, 2.75) is 431 Å². The molecule has 0 bridgehead atoms. The van der Waals surface area contributed by atoms with E-state index >= 15 is 0 Å². The van der Waals surface area contributed by atoms with Gasteiger partial charge in [-0.15, -0.1) is 0 Å². The quantitative estimate of drug-likeness (QED) is 0.0211. The zero-order valence-electron chi connectivity index (χ0n) is 68.1. The maximum atomic E-state index is 12.9. The molecule has 0 aliphatic rings. The number of ether oxygens (including phenoxy) is 2. The van der Waals surface area contributed by atoms with Gasteiger partial charge in [-0.2, -0.15) is 0 Å². The molecule has 0 saturated carbocycles. The number of carbonyl (C=O) groups excluding carboxylic acids is 2. The largest absolute Gasteiger partial charge is 0.472 e. The number of rotatable bonds is 82. The number of carbonyl (C=O) groups is 2. The van der Waals surface area contributed by atoms with Gasteiger partial charge in [-0.1, -0.05) is 413 Å². The van der Waals surface area contributed by atoms with Gasteiger partial charge >= 0.3 is 19.8 Å². The van der Waals surface area contributed by atoms with E-state index in [2.05, 4.69) is 111 Å². The standard InChI is InChI=1S/C92H168NO8P/c1-6-8-10-12-14-16-18-20-22-24-26-28-30-32-34-36-38-40-42-44-46-48-50-52-54-56-58-60-62-64-66-68-70-72-74-76-78-80-82-84-91(94)98-88-90(89-100-102(96,97)99-87-86-93(3,4)5)101-92(95)85-83-81-79-77-75-73-71-69-67-65-63-61-59-57-55-53-51-49-47-45-43-41-39-37-35-33-31-29-27-25-23-21-19-17-15-13-11-9-7-2/h9,11,15,17-18,20-21,23-24,26-27,29-30,32-33,35,90H,6-8,10,12-14,16,19,22,25,28,31,34,36-89H2,1-5H3/p+1/b11-9-,17-15-,20-18-,23-21-,26-24-,29-27-,32-30-,35-33-. The van der Waals surface area contributed by atoms with Crippen molar-refractivity contribution < 1.29 is 42.1 Å². The van der Waals surface area contributed by atoms with Crippen molar-refractivity contribution in [1.29, 1.82) is 0 Å². The molecule has 0 spiro atoms. The van der Waals surface area contributed by atoms with Crippen LogP contribution in [0.5, 0.6) is 0 Å². The molecule has 2 unspecified atom stereocenters. The molecule has 102 heavy (non-hydrogen) atoms. The fourth-order valence-corrected chi connectivity index (χ4v) is 13.7. The predicted octanol–water partition coefficient (Wildman–Crippen LogP) is 29.7. The Bertz CT molecular complexity index is 2050. The number of hydrogen-bond donors (Lipinski definition) is 1. The summed E-state index contributed by atoms with van der Waals surface area (Å²) in [7, 11) is 1.50. The molecule has 0 aromatic heterocycles. The van der Waals surface area contributed by atoms with Gasteiger partial charge in [0.1, 0.15) is 19.8 Å². The smallest absolute Gasteiger partial charge is 0.462 e. The third kappa shape index (κ3) is 85.9. The Kier molecular flexibility index (Phi) is 79.5. The second-order valence-corrected chi connectivity index (χ2v) is 32.4. The first-order valence-electron chi connectivity index (χ1n) is 44.0. The number of unbranched alkanes of at least 4 members (excludes halogenated alkanes) is 52. The topological polar surface area (TPSA) is 108 Å². The van der Waals surface area contributed by atoms with E-state index in [-0.39, 0.29) is 25.6 Å². The van der Waals surface area contributed by atoms with Crippen molar-refractivity contribution in [3.05, 3.63) is 97.2 Å². The van der Waals surface area contributed by atoms with Crippen molar-refractivity contribution in [2.75, 3.05) is 47.5 Å². The van der Waals surface area contributed by atoms with E-state index in [4.69, 9.17) is 18.5 Å². The highest BCUT2D eigenvalue weighted by atomic mass is 31.2. The Morgan fingerprint density at radius 1 is 0.314 bits per heavy atom. The summed E-state index contributed by atoms with van der Waals surface area (Å²) in [6.45, 7) is 4.37. The molecule has 0 aliphatic heterocycles. The van der Waals surface area contributed by atoms with Crippen LogP contribution in [0.2, 0.25) is 0 Å². The van der Waals surface area contributed by atoms with Gasteiger partial charge in [0.2, 0.25) is 0 Å². The summed E-state index contributed by atoms with van der Waals surface area (Å²) < 4.78 is 34.9. The van der Waals surface area contributed by atoms with Crippen molar-refractivity contribution in [3.63, 3.8) is 0 Å². The average Bonchev–Trinajstić information content (AvgIpc) is 0.914. The molecule has 0 aromatic carbocycles. The Balaban J connectivity index is 3.87. The lowest BCUT2D eigenvalue weighted by Crippen LogP contribution is -2.37. The predicted molar refractivity (Wildman–Crippen MR) is 445 cm³/mol. The van der Waals surface area contributed by atoms with Crippen LogP contribution in [-0.4, -0.2) is 74.9 Å². The van der Waals surface area contributed by atoms with Gasteiger partial charge in [-0.3, -0.25) is 18.6 Å². The summed E-state index contributed by atoms with van der Waals surface area (Å²) in [5.74, 6) is -0.775. The maximum Gasteiger partial charge on any atom is 0.472 e. The Morgan fingerprint density at radius 2 is 0.559 bits per heavy atom. The summed E-state index contributed by atoms with van der Waals surface area (Å²) in [5, 5.41) is 0. The molecule has 0 radical (unpaired) electrons. The minimum atomic E-state index is -4.40. The first-order chi connectivity index (χ1) is 50.0. The summed E-state index contributed by atoms with van der Waals surface area (Å²) in [6, 6.07) is 0. The fraction of sp³-hybridized carbons (Fsp3) is 0.804. The lowest BCUT2D eigenvalue weighted by molar-refractivity contribution is -0.870. The molecule has 0 fully saturated rings. The van der Waals surface area contributed by atoms with Gasteiger partial charge in [0.25, 0.3) is 0 Å². The van der Waals surface area contributed by atoms with E-state index in [1.807, 2.05) is 21.1 Å². The van der Waals surface area contributed by atoms with Crippen molar-refractivity contribution in [2.24, 2.45) is 0 Å². The molecule has 0 heterocycles. The molecule has 0 aliphatic carbocycles. The van der Waals surface area contributed by atoms with Crippen LogP contribution in [0.4, 0.5) is 0 Å². The molecular weight excluding hydrogens is 1280 g/mol. The number of esters is 2. The van der Waals surface area contributed by atoms with E-state index in [0.29, 0.717) is 23.9 Å². The van der Waals surface area contributed by atoms with E-state index in [0.717, 1.165) is 77.0 Å². The molecular formula is C92H169NO8P+. The number of nitrogens with zero attached hydrogens (tertiary/aromatic N) is 1. The van der Waals surface area contributed by atoms with Crippen molar-refractivity contribution in [3.8, 4) is 0 Å². The van der Waals surface area contributed by atoms with Gasteiger partial charge < -0.3 is 18.9 Å². The molecule has 0 amide bonds. The molecule has 0 saturated heterocycles. The zero-order chi connectivity index (χ0) is 74.0. The third-order valence-corrected chi connectivity index (χ3v) is 20.6. The van der Waals surface area contributed by atoms with E-state index in [1.165, 1.54) is 315 Å². The Hall–Kier alpha value is -3.07. The number of phosphoric acid groups is 1. The monoisotopic (exact) mass is 1450 g/mol. The van der Waals surface area contributed by atoms with Gasteiger partial charge in [0.05, 0.1) is 27.7 Å². The maximum absolute atomic E-state index is 12.9. The molecule has 2 atom stereocenters. The van der Waals surface area contributed by atoms with E-state index in [1.54, 1.807) is 0 Å². The average molecular weight is 1450 g/mol. The Labute approximate surface area is 634 Å². The molecule has 9 nitrogen and oxygen atoms in total. The van der Waals surface area contributed by atoms with Gasteiger partial charge in [0.15, 0.2) is 6.10 Å². The van der Waals surface area contributed by atoms with Crippen LogP contribution in [0.25, 0.3) is 0 Å². The number of quaternary nitrogens is 1. The molecule has 1 N–H and O–H groups in total. The van der Waals surface area contributed by atoms with Gasteiger partial charge in [-0.25, -0.2) is 4.57 Å². The van der Waals surface area contributed by atoms with Gasteiger partial charge in [0, 0.05) is 12.8 Å². The second kappa shape index (κ2) is 82.0. The lowest BCUT2D eigenvalue weighted by Gasteiger charge is -2.24. The lowest BCUT2D eigenvalue weighted by atomic mass is 10.0. The third-order valence-electron chi connectivity index (χ3n) is 19.6. The number of likely N-dealkylation sites (N-methyl/N-ethyl adjacent to an activating group) is 1. The van der Waals surface area contributed by atoms with Crippen molar-refractivity contribution >= 4 is 19.8 Å². The molecule has 10 heteroatoms. The normalized spacial score (nSPS) is 13.4. The van der Waals surface area contributed by atoms with E-state index < -0.39 is 26.5 Å². The Morgan fingerprint density at radius 3 is 0.833 bits per heavy atom. The van der Waals surface area contributed by atoms with Crippen LogP contribution in [0.1, 0.15) is 425 Å². The first kappa shape index (κ1) is 98.9. The SMILES string of the molecule is CC/C=C\C/C=C\C/C=C\C/C=C\C/C=C\CCCCCCCCCCCCCCCCCCCCCCCCCC(=O)OC(COC(=O)CCCCCCCCCCCCCCCCCCCCCCCCCC/C=C\C/C=C\C/C=C\CCCCCCC)COP(=O)(O)OCC[N+](C)(C)C. The van der Waals surface area contributed by atoms with Crippen LogP contribution in [-0.2, 0) is 32.7 Å². The van der Waals surface area contributed by atoms with E-state index in [9.17, 15) is 19.0 Å². The van der Waals surface area contributed by atoms with Crippen LogP contribution in [0.3, 0.4) is 0 Å². The molecule has 0 rings (SSSR count). The first-order valence-corrected chi connectivity index (χ1v) is 45.5. The summed E-state index contributed by atoms with van der Waals surface area (Å²) >= 11 is 0. The highest BCUT2D eigenvalue weighted by molar-refractivity contribution is 7.47. The second-order valence-electron chi connectivity index (χ2n) is 30.9. The minimum Gasteiger partial charge on any atom is -0.462 e. The van der Waals surface area contributed by atoms with Crippen LogP contribution >= 0.6 is 7.82 Å². The van der Waals surface area contributed by atoms with Gasteiger partial charge in [-0.05, 0) is 96.3 Å². The van der Waals surface area contributed by atoms with Crippen LogP contribution in [0.15, 0.2) is 97.2 Å². The highest BCUT2D eigenvalue weighted by Crippen LogP contribution is 2.43. The number of phosphoric ester groups is 1. The zero-order valence-corrected chi connectivity index (χ0v) is 69.0. The number of hydrogen-bond acceptors (Lipinski definition) is 7. The summed E-state index contributed by atoms with van der Waals surface area (Å²) in [4.78, 5) is 36.1. The molecule has 594 valence electrons. The minimum absolute atomic E-state index is 0.0329. The fourth-order valence-electron chi connectivity index (χ4n) is 12.9. The highest BCUT2D eigenvalue weighted by Gasteiger charge is 2.27. The van der Waals surface area contributed by atoms with Crippen molar-refractivity contribution in [1.82, 2.24) is 0 Å². The molecule has 0 aromatic rings. The van der Waals surface area contributed by atoms with Crippen LogP contribution < -0.4 is 0 Å². The van der Waals surface area contributed by atoms with Crippen LogP contribution in [0, 0.1) is 0 Å². The number of allylic oxidation sites excluding steroid dienone is 16. The summed E-state index contributed by atoms with van der Waals surface area (Å²) in [5.41, 5.74) is 0. The summed E-state index contributed by atoms with van der Waals surface area (Å²) in [6.07, 6.45) is 116.